The average Bonchev–Trinajstić information content (AvgIpc) is 2.82. The van der Waals surface area contributed by atoms with Crippen LogP contribution >= 0.6 is 11.6 Å². The average molecular weight is 302 g/mol. The van der Waals surface area contributed by atoms with Gasteiger partial charge in [-0.1, -0.05) is 11.6 Å². The normalized spacial score (nSPS) is 11.4. The van der Waals surface area contributed by atoms with Crippen molar-refractivity contribution in [1.82, 2.24) is 4.98 Å². The zero-order valence-corrected chi connectivity index (χ0v) is 11.0. The van der Waals surface area contributed by atoms with E-state index in [-0.39, 0.29) is 10.8 Å². The third kappa shape index (κ3) is 2.94. The number of furan rings is 1. The summed E-state index contributed by atoms with van der Waals surface area (Å²) in [6, 6.07) is 3.66. The molecule has 0 spiro atoms. The third-order valence-electron chi connectivity index (χ3n) is 2.30. The van der Waals surface area contributed by atoms with Gasteiger partial charge in [-0.3, -0.25) is 4.98 Å². The van der Waals surface area contributed by atoms with Crippen LogP contribution in [0.4, 0.5) is 0 Å². The summed E-state index contributed by atoms with van der Waals surface area (Å²) in [5, 5.41) is 8.49. The monoisotopic (exact) mass is 301 g/mol. The van der Waals surface area contributed by atoms with Gasteiger partial charge in [0.05, 0.1) is 10.8 Å². The number of halogens is 1. The lowest BCUT2D eigenvalue weighted by Crippen LogP contribution is -2.04. The molecule has 0 bridgehead atoms. The lowest BCUT2D eigenvalue weighted by molar-refractivity contribution is 0.0656. The Kier molecular flexibility index (Phi) is 3.59. The minimum Gasteiger partial charge on any atom is -0.475 e. The van der Waals surface area contributed by atoms with E-state index >= 15 is 0 Å². The van der Waals surface area contributed by atoms with Crippen LogP contribution in [0.1, 0.15) is 16.1 Å². The number of carboxylic acid groups (broad SMARTS) is 1. The Bertz CT molecular complexity index is 722. The Morgan fingerprint density at radius 3 is 2.68 bits per heavy atom. The Balaban J connectivity index is 2.32. The van der Waals surface area contributed by atoms with E-state index in [0.717, 1.165) is 12.1 Å². The number of aromatic nitrogens is 1. The highest BCUT2D eigenvalue weighted by atomic mass is 35.5. The first-order valence-corrected chi connectivity index (χ1v) is 7.07. The molecule has 2 aromatic heterocycles. The number of nitrogens with zero attached hydrogens (tertiary/aromatic N) is 1. The summed E-state index contributed by atoms with van der Waals surface area (Å²) in [7, 11) is -3.79. The van der Waals surface area contributed by atoms with E-state index in [1.807, 2.05) is 0 Å². The van der Waals surface area contributed by atoms with E-state index in [9.17, 15) is 13.2 Å². The van der Waals surface area contributed by atoms with Gasteiger partial charge in [0.1, 0.15) is 0 Å². The first-order chi connectivity index (χ1) is 8.90. The zero-order valence-electron chi connectivity index (χ0n) is 9.41. The SMILES string of the molecule is O=C(O)c1ccc(S(=O)(=O)Cc2ccncc2Cl)o1. The van der Waals surface area contributed by atoms with E-state index in [0.29, 0.717) is 5.56 Å². The molecule has 0 saturated heterocycles. The van der Waals surface area contributed by atoms with Crippen LogP contribution in [-0.4, -0.2) is 24.5 Å². The number of carboxylic acids is 1. The molecule has 0 aliphatic rings. The molecule has 0 radical (unpaired) electrons. The molecule has 0 saturated carbocycles. The second kappa shape index (κ2) is 5.02. The molecule has 8 heteroatoms. The highest BCUT2D eigenvalue weighted by Gasteiger charge is 2.22. The summed E-state index contributed by atoms with van der Waals surface area (Å²) in [6.45, 7) is 0. The van der Waals surface area contributed by atoms with Crippen LogP contribution in [0, 0.1) is 0 Å². The number of carbonyl (C=O) groups is 1. The highest BCUT2D eigenvalue weighted by Crippen LogP contribution is 2.22. The molecule has 100 valence electrons. The van der Waals surface area contributed by atoms with E-state index in [4.69, 9.17) is 21.1 Å². The summed E-state index contributed by atoms with van der Waals surface area (Å²) in [5.41, 5.74) is 0.366. The van der Waals surface area contributed by atoms with Gasteiger partial charge in [0.25, 0.3) is 0 Å². The van der Waals surface area contributed by atoms with Crippen molar-refractivity contribution >= 4 is 27.4 Å². The molecule has 1 N–H and O–H groups in total. The Labute approximate surface area is 113 Å². The van der Waals surface area contributed by atoms with Crippen molar-refractivity contribution in [2.75, 3.05) is 0 Å². The molecule has 2 aromatic rings. The summed E-state index contributed by atoms with van der Waals surface area (Å²) in [4.78, 5) is 14.4. The molecule has 2 rings (SSSR count). The van der Waals surface area contributed by atoms with Crippen LogP contribution in [-0.2, 0) is 15.6 Å². The van der Waals surface area contributed by atoms with Crippen LogP contribution in [0.25, 0.3) is 0 Å². The number of sulfone groups is 1. The molecule has 0 aliphatic carbocycles. The van der Waals surface area contributed by atoms with Gasteiger partial charge in [0.2, 0.25) is 20.7 Å². The van der Waals surface area contributed by atoms with Crippen molar-refractivity contribution in [3.63, 3.8) is 0 Å². The lowest BCUT2D eigenvalue weighted by Gasteiger charge is -2.03. The molecule has 0 atom stereocenters. The number of aromatic carboxylic acids is 1. The number of pyridine rings is 1. The van der Waals surface area contributed by atoms with E-state index < -0.39 is 26.7 Å². The Morgan fingerprint density at radius 2 is 2.11 bits per heavy atom. The second-order valence-electron chi connectivity index (χ2n) is 3.65. The smallest absolute Gasteiger partial charge is 0.371 e. The van der Waals surface area contributed by atoms with Gasteiger partial charge in [-0.25, -0.2) is 13.2 Å². The molecule has 0 aromatic carbocycles. The maximum absolute atomic E-state index is 12.0. The summed E-state index contributed by atoms with van der Waals surface area (Å²) < 4.78 is 28.8. The molecule has 0 fully saturated rings. The molecule has 6 nitrogen and oxygen atoms in total. The van der Waals surface area contributed by atoms with Gasteiger partial charge in [-0.15, -0.1) is 0 Å². The number of hydrogen-bond acceptors (Lipinski definition) is 5. The van der Waals surface area contributed by atoms with Gasteiger partial charge < -0.3 is 9.52 Å². The maximum Gasteiger partial charge on any atom is 0.371 e. The number of hydrogen-bond donors (Lipinski definition) is 1. The van der Waals surface area contributed by atoms with Crippen molar-refractivity contribution in [3.05, 3.63) is 46.9 Å². The van der Waals surface area contributed by atoms with Crippen molar-refractivity contribution in [2.45, 2.75) is 10.8 Å². The zero-order chi connectivity index (χ0) is 14.0. The summed E-state index contributed by atoms with van der Waals surface area (Å²) in [6.07, 6.45) is 2.75. The molecule has 2 heterocycles. The number of rotatable bonds is 4. The fourth-order valence-corrected chi connectivity index (χ4v) is 2.96. The van der Waals surface area contributed by atoms with Crippen LogP contribution in [0.5, 0.6) is 0 Å². The van der Waals surface area contributed by atoms with E-state index in [1.165, 1.54) is 18.5 Å². The Hall–Kier alpha value is -1.86. The lowest BCUT2D eigenvalue weighted by atomic mass is 10.3. The van der Waals surface area contributed by atoms with Crippen molar-refractivity contribution in [1.29, 1.82) is 0 Å². The molecular weight excluding hydrogens is 294 g/mol. The Morgan fingerprint density at radius 1 is 1.37 bits per heavy atom. The molecule has 0 amide bonds. The first-order valence-electron chi connectivity index (χ1n) is 5.04. The van der Waals surface area contributed by atoms with E-state index in [1.54, 1.807) is 0 Å². The standard InChI is InChI=1S/C11H8ClNO5S/c12-8-5-13-4-3-7(8)6-19(16,17)10-2-1-9(18-10)11(14)15/h1-5H,6H2,(H,14,15). The molecule has 0 aliphatic heterocycles. The predicted octanol–water partition coefficient (Wildman–Crippen LogP) is 2.00. The van der Waals surface area contributed by atoms with Crippen LogP contribution < -0.4 is 0 Å². The van der Waals surface area contributed by atoms with Gasteiger partial charge in [-0.05, 0) is 23.8 Å². The summed E-state index contributed by atoms with van der Waals surface area (Å²) >= 11 is 5.82. The molecule has 0 unspecified atom stereocenters. The minimum absolute atomic E-state index is 0.219. The molecular formula is C11H8ClNO5S. The second-order valence-corrected chi connectivity index (χ2v) is 5.98. The van der Waals surface area contributed by atoms with E-state index in [2.05, 4.69) is 4.98 Å². The van der Waals surface area contributed by atoms with Gasteiger partial charge in [0, 0.05) is 12.4 Å². The molecule has 19 heavy (non-hydrogen) atoms. The van der Waals surface area contributed by atoms with Crippen molar-refractivity contribution in [2.24, 2.45) is 0 Å². The van der Waals surface area contributed by atoms with Crippen LogP contribution in [0.2, 0.25) is 5.02 Å². The maximum atomic E-state index is 12.0. The largest absolute Gasteiger partial charge is 0.475 e. The third-order valence-corrected chi connectivity index (χ3v) is 4.16. The van der Waals surface area contributed by atoms with Gasteiger partial charge in [-0.2, -0.15) is 0 Å². The minimum atomic E-state index is -3.79. The van der Waals surface area contributed by atoms with Gasteiger partial charge in [0.15, 0.2) is 0 Å². The fourth-order valence-electron chi connectivity index (χ4n) is 1.40. The highest BCUT2D eigenvalue weighted by molar-refractivity contribution is 7.90. The summed E-state index contributed by atoms with van der Waals surface area (Å²) in [5.74, 6) is -2.15. The topological polar surface area (TPSA) is 97.5 Å². The van der Waals surface area contributed by atoms with Gasteiger partial charge >= 0.3 is 5.97 Å². The quantitative estimate of drug-likeness (QED) is 0.927. The first kappa shape index (κ1) is 13.6. The van der Waals surface area contributed by atoms with Crippen LogP contribution in [0.3, 0.4) is 0 Å². The predicted molar refractivity (Wildman–Crippen MR) is 65.8 cm³/mol. The van der Waals surface area contributed by atoms with Crippen molar-refractivity contribution < 1.29 is 22.7 Å². The van der Waals surface area contributed by atoms with Crippen molar-refractivity contribution in [3.8, 4) is 0 Å². The fraction of sp³-hybridized carbons (Fsp3) is 0.0909. The van der Waals surface area contributed by atoms with Crippen LogP contribution in [0.15, 0.2) is 40.1 Å².